The first-order chi connectivity index (χ1) is 7.76. The van der Waals surface area contributed by atoms with Gasteiger partial charge in [0.1, 0.15) is 0 Å². The maximum absolute atomic E-state index is 3.41. The van der Waals surface area contributed by atoms with E-state index >= 15 is 0 Å². The van der Waals surface area contributed by atoms with Crippen LogP contribution in [0.15, 0.2) is 18.2 Å². The molecule has 1 rings (SSSR count). The van der Waals surface area contributed by atoms with Gasteiger partial charge in [0, 0.05) is 6.04 Å². The van der Waals surface area contributed by atoms with E-state index in [1.165, 1.54) is 29.5 Å². The fourth-order valence-electron chi connectivity index (χ4n) is 2.30. The average Bonchev–Trinajstić information content (AvgIpc) is 2.35. The third kappa shape index (κ3) is 3.08. The first kappa shape index (κ1) is 13.2. The molecule has 0 amide bonds. The summed E-state index contributed by atoms with van der Waals surface area (Å²) in [4.78, 5) is 0. The Morgan fingerprint density at radius 3 is 2.25 bits per heavy atom. The summed E-state index contributed by atoms with van der Waals surface area (Å²) in [5, 5.41) is 3.41. The lowest BCUT2D eigenvalue weighted by Crippen LogP contribution is -2.16. The number of nitrogens with one attached hydrogen (secondary N) is 1. The lowest BCUT2D eigenvalue weighted by molar-refractivity contribution is 0.541. The van der Waals surface area contributed by atoms with Gasteiger partial charge in [-0.25, -0.2) is 0 Å². The number of aryl methyl sites for hydroxylation is 2. The summed E-state index contributed by atoms with van der Waals surface area (Å²) in [6, 6.07) is 7.49. The average molecular weight is 219 g/mol. The van der Waals surface area contributed by atoms with Crippen LogP contribution < -0.4 is 5.32 Å². The van der Waals surface area contributed by atoms with E-state index < -0.39 is 0 Å². The number of benzene rings is 1. The first-order valence-corrected chi connectivity index (χ1v) is 6.55. The Bertz CT molecular complexity index is 317. The molecule has 0 aliphatic carbocycles. The molecule has 0 heterocycles. The summed E-state index contributed by atoms with van der Waals surface area (Å²) in [5.74, 6) is 0. The van der Waals surface area contributed by atoms with Crippen LogP contribution in [0, 0.1) is 0 Å². The molecular weight excluding hydrogens is 194 g/mol. The van der Waals surface area contributed by atoms with Crippen molar-refractivity contribution in [1.82, 2.24) is 5.32 Å². The Kier molecular flexibility index (Phi) is 5.54. The Balaban J connectivity index is 2.96. The molecule has 0 bridgehead atoms. The fourth-order valence-corrected chi connectivity index (χ4v) is 2.30. The van der Waals surface area contributed by atoms with Crippen LogP contribution in [-0.4, -0.2) is 7.05 Å². The molecule has 1 unspecified atom stereocenters. The van der Waals surface area contributed by atoms with Crippen LogP contribution in [0.4, 0.5) is 0 Å². The summed E-state index contributed by atoms with van der Waals surface area (Å²) in [5.41, 5.74) is 4.45. The summed E-state index contributed by atoms with van der Waals surface area (Å²) < 4.78 is 0. The van der Waals surface area contributed by atoms with Gasteiger partial charge in [0.2, 0.25) is 0 Å². The van der Waals surface area contributed by atoms with Gasteiger partial charge in [0.15, 0.2) is 0 Å². The van der Waals surface area contributed by atoms with E-state index in [0.717, 1.165) is 12.8 Å². The minimum atomic E-state index is 0.515. The summed E-state index contributed by atoms with van der Waals surface area (Å²) in [6.45, 7) is 6.72. The van der Waals surface area contributed by atoms with Crippen LogP contribution in [0.1, 0.15) is 56.3 Å². The number of hydrogen-bond acceptors (Lipinski definition) is 1. The van der Waals surface area contributed by atoms with Gasteiger partial charge in [-0.2, -0.15) is 0 Å². The molecule has 0 aliphatic rings. The smallest absolute Gasteiger partial charge is 0.0317 e. The highest BCUT2D eigenvalue weighted by Crippen LogP contribution is 2.22. The van der Waals surface area contributed by atoms with E-state index in [-0.39, 0.29) is 0 Å². The Morgan fingerprint density at radius 1 is 1.06 bits per heavy atom. The predicted molar refractivity (Wildman–Crippen MR) is 71.9 cm³/mol. The number of rotatable bonds is 6. The van der Waals surface area contributed by atoms with Crippen molar-refractivity contribution in [3.8, 4) is 0 Å². The van der Waals surface area contributed by atoms with Crippen molar-refractivity contribution in [2.24, 2.45) is 0 Å². The molecular formula is C15H25N. The second-order valence-electron chi connectivity index (χ2n) is 4.37. The van der Waals surface area contributed by atoms with Crippen LogP contribution in [0.3, 0.4) is 0 Å². The van der Waals surface area contributed by atoms with E-state index in [1.807, 2.05) is 0 Å². The predicted octanol–water partition coefficient (Wildman–Crippen LogP) is 3.87. The van der Waals surface area contributed by atoms with E-state index in [1.54, 1.807) is 0 Å². The molecule has 1 nitrogen and oxygen atoms in total. The number of hydrogen-bond donors (Lipinski definition) is 1. The molecule has 1 heteroatoms. The van der Waals surface area contributed by atoms with Crippen molar-refractivity contribution < 1.29 is 0 Å². The standard InChI is InChI=1S/C15H25N/c1-5-8-15(16-4)14-10-9-12(6-2)13(7-3)11-14/h9-11,15-16H,5-8H2,1-4H3. The first-order valence-electron chi connectivity index (χ1n) is 6.55. The molecule has 0 saturated carbocycles. The molecule has 0 spiro atoms. The van der Waals surface area contributed by atoms with Gasteiger partial charge in [-0.05, 0) is 43.0 Å². The normalized spacial score (nSPS) is 12.8. The molecule has 1 aromatic rings. The zero-order valence-corrected chi connectivity index (χ0v) is 11.1. The quantitative estimate of drug-likeness (QED) is 0.766. The van der Waals surface area contributed by atoms with E-state index in [0.29, 0.717) is 6.04 Å². The third-order valence-corrected chi connectivity index (χ3v) is 3.32. The van der Waals surface area contributed by atoms with E-state index in [2.05, 4.69) is 51.3 Å². The summed E-state index contributed by atoms with van der Waals surface area (Å²) in [7, 11) is 2.06. The van der Waals surface area contributed by atoms with Crippen LogP contribution >= 0.6 is 0 Å². The Labute approximate surface area is 100 Å². The molecule has 1 atom stereocenters. The van der Waals surface area contributed by atoms with Crippen molar-refractivity contribution in [2.75, 3.05) is 7.05 Å². The minimum absolute atomic E-state index is 0.515. The topological polar surface area (TPSA) is 12.0 Å². The van der Waals surface area contributed by atoms with Crippen LogP contribution in [0.2, 0.25) is 0 Å². The second-order valence-corrected chi connectivity index (χ2v) is 4.37. The van der Waals surface area contributed by atoms with E-state index in [4.69, 9.17) is 0 Å². The van der Waals surface area contributed by atoms with Crippen molar-refractivity contribution >= 4 is 0 Å². The maximum Gasteiger partial charge on any atom is 0.0317 e. The van der Waals surface area contributed by atoms with Crippen LogP contribution in [-0.2, 0) is 12.8 Å². The largest absolute Gasteiger partial charge is 0.313 e. The van der Waals surface area contributed by atoms with Crippen molar-refractivity contribution in [3.05, 3.63) is 34.9 Å². The highest BCUT2D eigenvalue weighted by molar-refractivity contribution is 5.33. The van der Waals surface area contributed by atoms with Gasteiger partial charge in [-0.1, -0.05) is 45.4 Å². The molecule has 0 aliphatic heterocycles. The van der Waals surface area contributed by atoms with Gasteiger partial charge >= 0.3 is 0 Å². The second kappa shape index (κ2) is 6.70. The van der Waals surface area contributed by atoms with Crippen molar-refractivity contribution in [1.29, 1.82) is 0 Å². The molecule has 16 heavy (non-hydrogen) atoms. The molecule has 1 N–H and O–H groups in total. The summed E-state index contributed by atoms with van der Waals surface area (Å²) >= 11 is 0. The molecule has 0 radical (unpaired) electrons. The lowest BCUT2D eigenvalue weighted by Gasteiger charge is -2.18. The zero-order valence-electron chi connectivity index (χ0n) is 11.1. The summed E-state index contributed by atoms with van der Waals surface area (Å²) in [6.07, 6.45) is 4.72. The molecule has 0 saturated heterocycles. The SMILES string of the molecule is CCCC(NC)c1ccc(CC)c(CC)c1. The third-order valence-electron chi connectivity index (χ3n) is 3.32. The van der Waals surface area contributed by atoms with Gasteiger partial charge in [-0.3, -0.25) is 0 Å². The van der Waals surface area contributed by atoms with Crippen LogP contribution in [0.25, 0.3) is 0 Å². The van der Waals surface area contributed by atoms with Gasteiger partial charge in [0.25, 0.3) is 0 Å². The highest BCUT2D eigenvalue weighted by atomic mass is 14.9. The Morgan fingerprint density at radius 2 is 1.75 bits per heavy atom. The zero-order chi connectivity index (χ0) is 12.0. The molecule has 0 fully saturated rings. The van der Waals surface area contributed by atoms with Crippen molar-refractivity contribution in [2.45, 2.75) is 52.5 Å². The minimum Gasteiger partial charge on any atom is -0.313 e. The molecule has 1 aromatic carbocycles. The van der Waals surface area contributed by atoms with Gasteiger partial charge in [0.05, 0.1) is 0 Å². The van der Waals surface area contributed by atoms with E-state index in [9.17, 15) is 0 Å². The van der Waals surface area contributed by atoms with Crippen LogP contribution in [0.5, 0.6) is 0 Å². The maximum atomic E-state index is 3.41. The highest BCUT2D eigenvalue weighted by Gasteiger charge is 2.09. The van der Waals surface area contributed by atoms with Gasteiger partial charge < -0.3 is 5.32 Å². The lowest BCUT2D eigenvalue weighted by atomic mass is 9.95. The molecule has 90 valence electrons. The van der Waals surface area contributed by atoms with Crippen molar-refractivity contribution in [3.63, 3.8) is 0 Å². The fraction of sp³-hybridized carbons (Fsp3) is 0.600. The van der Waals surface area contributed by atoms with Gasteiger partial charge in [-0.15, -0.1) is 0 Å². The Hall–Kier alpha value is -0.820. The monoisotopic (exact) mass is 219 g/mol. The molecule has 0 aromatic heterocycles.